The van der Waals surface area contributed by atoms with Crippen molar-refractivity contribution in [2.45, 2.75) is 0 Å². The molecule has 0 aromatic heterocycles. The van der Waals surface area contributed by atoms with Crippen molar-refractivity contribution >= 4 is 28.9 Å². The van der Waals surface area contributed by atoms with Crippen LogP contribution in [0.4, 0.5) is 11.4 Å². The summed E-state index contributed by atoms with van der Waals surface area (Å²) in [5.41, 5.74) is 1.43. The first-order chi connectivity index (χ1) is 11.6. The number of nitrogens with one attached hydrogen (secondary N) is 2. The van der Waals surface area contributed by atoms with Crippen LogP contribution in [0.1, 0.15) is 0 Å². The second-order valence-corrected chi connectivity index (χ2v) is 5.28. The molecule has 0 bridgehead atoms. The summed E-state index contributed by atoms with van der Waals surface area (Å²) in [6.07, 6.45) is 1.68. The van der Waals surface area contributed by atoms with Crippen LogP contribution < -0.4 is 20.1 Å². The number of anilines is 2. The van der Waals surface area contributed by atoms with Gasteiger partial charge in [-0.2, -0.15) is 0 Å². The lowest BCUT2D eigenvalue weighted by Gasteiger charge is -2.10. The van der Waals surface area contributed by atoms with Crippen LogP contribution in [-0.4, -0.2) is 26.2 Å². The fourth-order valence-electron chi connectivity index (χ4n) is 1.96. The van der Waals surface area contributed by atoms with Gasteiger partial charge in [0, 0.05) is 11.4 Å². The molecule has 1 amide bonds. The highest BCUT2D eigenvalue weighted by molar-refractivity contribution is 6.32. The highest BCUT2D eigenvalue weighted by atomic mass is 35.5. The van der Waals surface area contributed by atoms with E-state index in [2.05, 4.69) is 17.2 Å². The monoisotopic (exact) mass is 346 g/mol. The van der Waals surface area contributed by atoms with E-state index in [1.807, 2.05) is 24.3 Å². The molecule has 0 fully saturated rings. The van der Waals surface area contributed by atoms with Crippen LogP contribution in [0, 0.1) is 0 Å². The van der Waals surface area contributed by atoms with Crippen molar-refractivity contribution in [3.05, 3.63) is 60.1 Å². The van der Waals surface area contributed by atoms with Crippen molar-refractivity contribution in [1.82, 2.24) is 0 Å². The standard InChI is InChI=1S/C18H19ClN2O3/c1-3-10-24-15-7-4-13(5-8-15)20-12-18(22)21-14-6-9-17(23-2)16(19)11-14/h3-9,11,20H,1,10,12H2,2H3,(H,21,22). The summed E-state index contributed by atoms with van der Waals surface area (Å²) in [5.74, 6) is 1.13. The minimum absolute atomic E-state index is 0.135. The SMILES string of the molecule is C=CCOc1ccc(NCC(=O)Nc2ccc(OC)c(Cl)c2)cc1. The largest absolute Gasteiger partial charge is 0.495 e. The lowest BCUT2D eigenvalue weighted by atomic mass is 10.3. The second kappa shape index (κ2) is 8.84. The first-order valence-electron chi connectivity index (χ1n) is 7.33. The number of benzene rings is 2. The topological polar surface area (TPSA) is 59.6 Å². The van der Waals surface area contributed by atoms with E-state index in [9.17, 15) is 4.79 Å². The number of carbonyl (C=O) groups is 1. The molecule has 0 aliphatic rings. The van der Waals surface area contributed by atoms with Gasteiger partial charge in [0.25, 0.3) is 0 Å². The minimum atomic E-state index is -0.178. The average molecular weight is 347 g/mol. The number of rotatable bonds is 8. The summed E-state index contributed by atoms with van der Waals surface area (Å²) >= 11 is 6.03. The normalized spacial score (nSPS) is 9.92. The first-order valence-corrected chi connectivity index (χ1v) is 7.71. The number of methoxy groups -OCH3 is 1. The maximum atomic E-state index is 12.0. The molecule has 126 valence electrons. The lowest BCUT2D eigenvalue weighted by Crippen LogP contribution is -2.21. The van der Waals surface area contributed by atoms with E-state index in [4.69, 9.17) is 21.1 Å². The van der Waals surface area contributed by atoms with E-state index >= 15 is 0 Å². The molecule has 0 unspecified atom stereocenters. The van der Waals surface area contributed by atoms with Gasteiger partial charge >= 0.3 is 0 Å². The predicted molar refractivity (Wildman–Crippen MR) is 97.3 cm³/mol. The van der Waals surface area contributed by atoms with Gasteiger partial charge in [0.05, 0.1) is 18.7 Å². The highest BCUT2D eigenvalue weighted by Crippen LogP contribution is 2.27. The van der Waals surface area contributed by atoms with Crippen LogP contribution >= 0.6 is 11.6 Å². The van der Waals surface area contributed by atoms with Crippen LogP contribution in [0.5, 0.6) is 11.5 Å². The summed E-state index contributed by atoms with van der Waals surface area (Å²) in [5, 5.41) is 6.25. The molecule has 0 saturated carbocycles. The van der Waals surface area contributed by atoms with Gasteiger partial charge in [0.1, 0.15) is 18.1 Å². The van der Waals surface area contributed by atoms with Gasteiger partial charge in [-0.05, 0) is 42.5 Å². The number of ether oxygens (including phenoxy) is 2. The fraction of sp³-hybridized carbons (Fsp3) is 0.167. The van der Waals surface area contributed by atoms with E-state index in [0.717, 1.165) is 11.4 Å². The van der Waals surface area contributed by atoms with Crippen LogP contribution in [-0.2, 0) is 4.79 Å². The summed E-state index contributed by atoms with van der Waals surface area (Å²) in [6, 6.07) is 12.4. The van der Waals surface area contributed by atoms with Crippen molar-refractivity contribution in [3.8, 4) is 11.5 Å². The van der Waals surface area contributed by atoms with E-state index in [-0.39, 0.29) is 12.5 Å². The maximum Gasteiger partial charge on any atom is 0.243 e. The molecule has 6 heteroatoms. The Balaban J connectivity index is 1.84. The molecule has 5 nitrogen and oxygen atoms in total. The Kier molecular flexibility index (Phi) is 6.51. The molecule has 2 rings (SSSR count). The first kappa shape index (κ1) is 17.7. The Morgan fingerprint density at radius 2 is 1.92 bits per heavy atom. The quantitative estimate of drug-likeness (QED) is 0.710. The molecule has 2 N–H and O–H groups in total. The zero-order valence-corrected chi connectivity index (χ0v) is 14.1. The van der Waals surface area contributed by atoms with Gasteiger partial charge in [-0.15, -0.1) is 0 Å². The van der Waals surface area contributed by atoms with Gasteiger partial charge < -0.3 is 20.1 Å². The van der Waals surface area contributed by atoms with E-state index in [0.29, 0.717) is 23.1 Å². The third-order valence-corrected chi connectivity index (χ3v) is 3.41. The fourth-order valence-corrected chi connectivity index (χ4v) is 2.21. The smallest absolute Gasteiger partial charge is 0.243 e. The molecular weight excluding hydrogens is 328 g/mol. The molecular formula is C18H19ClN2O3. The molecule has 0 atom stereocenters. The van der Waals surface area contributed by atoms with Crippen molar-refractivity contribution < 1.29 is 14.3 Å². The van der Waals surface area contributed by atoms with Crippen LogP contribution in [0.25, 0.3) is 0 Å². The van der Waals surface area contributed by atoms with Crippen molar-refractivity contribution in [2.75, 3.05) is 30.9 Å². The molecule has 0 aliphatic carbocycles. The Hall–Kier alpha value is -2.66. The molecule has 24 heavy (non-hydrogen) atoms. The number of hydrogen-bond donors (Lipinski definition) is 2. The molecule has 0 spiro atoms. The predicted octanol–water partition coefficient (Wildman–Crippen LogP) is 3.96. The maximum absolute atomic E-state index is 12.0. The Morgan fingerprint density at radius 3 is 2.54 bits per heavy atom. The summed E-state index contributed by atoms with van der Waals surface area (Å²) in [7, 11) is 1.54. The van der Waals surface area contributed by atoms with Crippen LogP contribution in [0.3, 0.4) is 0 Å². The van der Waals surface area contributed by atoms with Gasteiger partial charge in [0.15, 0.2) is 0 Å². The number of hydrogen-bond acceptors (Lipinski definition) is 4. The van der Waals surface area contributed by atoms with Crippen molar-refractivity contribution in [1.29, 1.82) is 0 Å². The van der Waals surface area contributed by atoms with Crippen LogP contribution in [0.2, 0.25) is 5.02 Å². The molecule has 0 radical (unpaired) electrons. The van der Waals surface area contributed by atoms with Crippen LogP contribution in [0.15, 0.2) is 55.1 Å². The number of carbonyl (C=O) groups excluding carboxylic acids is 1. The summed E-state index contributed by atoms with van der Waals surface area (Å²) in [6.45, 7) is 4.19. The van der Waals surface area contributed by atoms with Gasteiger partial charge in [-0.3, -0.25) is 4.79 Å². The number of amides is 1. The average Bonchev–Trinajstić information content (AvgIpc) is 2.59. The molecule has 0 saturated heterocycles. The van der Waals surface area contributed by atoms with Gasteiger partial charge in [-0.1, -0.05) is 24.3 Å². The summed E-state index contributed by atoms with van der Waals surface area (Å²) in [4.78, 5) is 12.0. The minimum Gasteiger partial charge on any atom is -0.495 e. The zero-order chi connectivity index (χ0) is 17.4. The van der Waals surface area contributed by atoms with Crippen molar-refractivity contribution in [2.24, 2.45) is 0 Å². The molecule has 2 aromatic rings. The zero-order valence-electron chi connectivity index (χ0n) is 13.3. The van der Waals surface area contributed by atoms with E-state index in [1.165, 1.54) is 7.11 Å². The summed E-state index contributed by atoms with van der Waals surface area (Å²) < 4.78 is 10.5. The highest BCUT2D eigenvalue weighted by Gasteiger charge is 2.06. The van der Waals surface area contributed by atoms with Gasteiger partial charge in [-0.25, -0.2) is 0 Å². The Bertz CT molecular complexity index is 702. The van der Waals surface area contributed by atoms with Gasteiger partial charge in [0.2, 0.25) is 5.91 Å². The third kappa shape index (κ3) is 5.21. The molecule has 0 heterocycles. The molecule has 2 aromatic carbocycles. The van der Waals surface area contributed by atoms with E-state index < -0.39 is 0 Å². The van der Waals surface area contributed by atoms with Crippen molar-refractivity contribution in [3.63, 3.8) is 0 Å². The second-order valence-electron chi connectivity index (χ2n) is 4.88. The third-order valence-electron chi connectivity index (χ3n) is 3.11. The number of halogens is 1. The lowest BCUT2D eigenvalue weighted by molar-refractivity contribution is -0.114. The van der Waals surface area contributed by atoms with E-state index in [1.54, 1.807) is 24.3 Å². The molecule has 0 aliphatic heterocycles. The Labute approximate surface area is 146 Å². The Morgan fingerprint density at radius 1 is 1.21 bits per heavy atom.